The van der Waals surface area contributed by atoms with Gasteiger partial charge in [-0.25, -0.2) is 8.93 Å². The molecule has 31 heavy (non-hydrogen) atoms. The number of carbonyl (C=O) groups is 1. The van der Waals surface area contributed by atoms with Crippen LogP contribution in [0.1, 0.15) is 10.4 Å². The number of carbonyl (C=O) groups excluding carboxylic acids is 1. The molecule has 4 aromatic rings. The van der Waals surface area contributed by atoms with Gasteiger partial charge in [0.05, 0.1) is 11.4 Å². The quantitative estimate of drug-likeness (QED) is 0.513. The van der Waals surface area contributed by atoms with Crippen LogP contribution in [0.4, 0.5) is 11.4 Å². The normalized spacial score (nSPS) is 15.9. The first-order chi connectivity index (χ1) is 15.2. The summed E-state index contributed by atoms with van der Waals surface area (Å²) in [4.78, 5) is 17.3. The van der Waals surface area contributed by atoms with E-state index in [-0.39, 0.29) is 5.91 Å². The zero-order valence-electron chi connectivity index (χ0n) is 16.6. The van der Waals surface area contributed by atoms with Gasteiger partial charge in [-0.05, 0) is 47.9 Å². The van der Waals surface area contributed by atoms with E-state index < -0.39 is 11.2 Å². The van der Waals surface area contributed by atoms with Gasteiger partial charge in [-0.15, -0.1) is 0 Å². The third-order valence-electron chi connectivity index (χ3n) is 5.23. The molecule has 1 aliphatic heterocycles. The Morgan fingerprint density at radius 2 is 1.84 bits per heavy atom. The van der Waals surface area contributed by atoms with Crippen molar-refractivity contribution in [1.29, 1.82) is 0 Å². The molecule has 154 valence electrons. The highest BCUT2D eigenvalue weighted by atomic mass is 32.2. The van der Waals surface area contributed by atoms with E-state index in [9.17, 15) is 9.00 Å². The third-order valence-corrected chi connectivity index (χ3v) is 6.47. The van der Waals surface area contributed by atoms with Crippen molar-refractivity contribution in [2.45, 2.75) is 0 Å². The molecule has 0 radical (unpaired) electrons. The molecule has 2 heterocycles. The van der Waals surface area contributed by atoms with Crippen LogP contribution >= 0.6 is 0 Å². The summed E-state index contributed by atoms with van der Waals surface area (Å²) >= 11 is -1.21. The predicted octanol–water partition coefficient (Wildman–Crippen LogP) is 4.14. The maximum Gasteiger partial charge on any atom is 0.255 e. The number of anilines is 2. The van der Waals surface area contributed by atoms with E-state index in [1.165, 1.54) is 0 Å². The van der Waals surface area contributed by atoms with E-state index >= 15 is 0 Å². The molecule has 6 nitrogen and oxygen atoms in total. The van der Waals surface area contributed by atoms with Gasteiger partial charge in [0.1, 0.15) is 0 Å². The van der Waals surface area contributed by atoms with Gasteiger partial charge < -0.3 is 5.32 Å². The van der Waals surface area contributed by atoms with Crippen LogP contribution in [0, 0.1) is 0 Å². The standard InChI is InChI=1S/C24H20N4O2S/c29-24(18-8-10-21(11-9-18)28-15-14-26-31(28)30)27-20-6-3-5-19(16-20)23-22-7-2-1-4-17(22)12-13-25-23/h1-13,16,26H,14-15H2,(H,27,29). The first kappa shape index (κ1) is 19.4. The highest BCUT2D eigenvalue weighted by Gasteiger charge is 2.20. The number of fused-ring (bicyclic) bond motifs is 1. The van der Waals surface area contributed by atoms with Gasteiger partial charge in [-0.3, -0.25) is 14.1 Å². The van der Waals surface area contributed by atoms with Gasteiger partial charge in [0.2, 0.25) is 0 Å². The lowest BCUT2D eigenvalue weighted by Gasteiger charge is -2.15. The van der Waals surface area contributed by atoms with Crippen molar-refractivity contribution in [2.24, 2.45) is 0 Å². The number of aromatic nitrogens is 1. The van der Waals surface area contributed by atoms with Crippen molar-refractivity contribution in [3.63, 3.8) is 0 Å². The number of pyridine rings is 1. The largest absolute Gasteiger partial charge is 0.322 e. The Labute approximate surface area is 182 Å². The first-order valence-corrected chi connectivity index (χ1v) is 11.1. The maximum absolute atomic E-state index is 12.8. The minimum absolute atomic E-state index is 0.199. The Hall–Kier alpha value is -3.55. The fourth-order valence-electron chi connectivity index (χ4n) is 3.70. The number of benzene rings is 3. The van der Waals surface area contributed by atoms with E-state index in [4.69, 9.17) is 0 Å². The molecular formula is C24H20N4O2S. The van der Waals surface area contributed by atoms with Gasteiger partial charge >= 0.3 is 0 Å². The number of hydrogen-bond acceptors (Lipinski definition) is 3. The van der Waals surface area contributed by atoms with E-state index in [1.54, 1.807) is 22.6 Å². The predicted molar refractivity (Wildman–Crippen MR) is 125 cm³/mol. The van der Waals surface area contributed by atoms with Crippen LogP contribution in [0.15, 0.2) is 85.1 Å². The van der Waals surface area contributed by atoms with Crippen molar-refractivity contribution in [2.75, 3.05) is 22.7 Å². The van der Waals surface area contributed by atoms with Gasteiger partial charge in [-0.1, -0.05) is 36.4 Å². The topological polar surface area (TPSA) is 74.3 Å². The van der Waals surface area contributed by atoms with Crippen LogP contribution in [-0.2, 0) is 11.2 Å². The number of nitrogens with zero attached hydrogens (tertiary/aromatic N) is 2. The summed E-state index contributed by atoms with van der Waals surface area (Å²) in [7, 11) is 0. The Balaban J connectivity index is 1.37. The molecule has 1 amide bonds. The third kappa shape index (κ3) is 3.93. The van der Waals surface area contributed by atoms with E-state index in [0.717, 1.165) is 27.7 Å². The molecule has 0 bridgehead atoms. The van der Waals surface area contributed by atoms with Crippen LogP contribution in [0.5, 0.6) is 0 Å². The summed E-state index contributed by atoms with van der Waals surface area (Å²) < 4.78 is 16.6. The van der Waals surface area contributed by atoms with Gasteiger partial charge in [0.25, 0.3) is 5.91 Å². The summed E-state index contributed by atoms with van der Waals surface area (Å²) in [6.45, 7) is 1.35. The highest BCUT2D eigenvalue weighted by molar-refractivity contribution is 7.84. The summed E-state index contributed by atoms with van der Waals surface area (Å²) in [6, 6.07) is 24.9. The van der Waals surface area contributed by atoms with Crippen molar-refractivity contribution in [3.05, 3.63) is 90.6 Å². The molecule has 7 heteroatoms. The van der Waals surface area contributed by atoms with Crippen LogP contribution in [0.25, 0.3) is 22.0 Å². The van der Waals surface area contributed by atoms with Crippen LogP contribution in [-0.4, -0.2) is 28.2 Å². The lowest BCUT2D eigenvalue weighted by atomic mass is 10.0. The molecule has 0 saturated carbocycles. The molecule has 0 spiro atoms. The minimum atomic E-state index is -1.21. The Morgan fingerprint density at radius 3 is 2.65 bits per heavy atom. The molecule has 3 aromatic carbocycles. The molecule has 1 unspecified atom stereocenters. The van der Waals surface area contributed by atoms with Crippen molar-refractivity contribution >= 4 is 39.2 Å². The van der Waals surface area contributed by atoms with Crippen LogP contribution in [0.3, 0.4) is 0 Å². The lowest BCUT2D eigenvalue weighted by molar-refractivity contribution is 0.102. The van der Waals surface area contributed by atoms with E-state index in [0.29, 0.717) is 24.3 Å². The molecule has 2 N–H and O–H groups in total. The van der Waals surface area contributed by atoms with E-state index in [1.807, 2.05) is 60.7 Å². The van der Waals surface area contributed by atoms with E-state index in [2.05, 4.69) is 21.1 Å². The van der Waals surface area contributed by atoms with Crippen LogP contribution < -0.4 is 14.3 Å². The minimum Gasteiger partial charge on any atom is -0.322 e. The second kappa shape index (κ2) is 8.29. The molecular weight excluding hydrogens is 408 g/mol. The number of nitrogens with one attached hydrogen (secondary N) is 2. The van der Waals surface area contributed by atoms with Crippen molar-refractivity contribution in [3.8, 4) is 11.3 Å². The van der Waals surface area contributed by atoms with Crippen LogP contribution in [0.2, 0.25) is 0 Å². The zero-order chi connectivity index (χ0) is 21.2. The summed E-state index contributed by atoms with van der Waals surface area (Å²) in [6.07, 6.45) is 1.80. The Bertz CT molecular complexity index is 1290. The lowest BCUT2D eigenvalue weighted by Crippen LogP contribution is -2.22. The Morgan fingerprint density at radius 1 is 1.00 bits per heavy atom. The molecule has 1 saturated heterocycles. The maximum atomic E-state index is 12.8. The zero-order valence-corrected chi connectivity index (χ0v) is 17.4. The average Bonchev–Trinajstić information content (AvgIpc) is 3.25. The van der Waals surface area contributed by atoms with Gasteiger partial charge in [0, 0.05) is 41.5 Å². The molecule has 0 aliphatic carbocycles. The highest BCUT2D eigenvalue weighted by Crippen LogP contribution is 2.28. The van der Waals surface area contributed by atoms with Crippen molar-refractivity contribution < 1.29 is 9.00 Å². The number of rotatable bonds is 4. The number of hydrogen-bond donors (Lipinski definition) is 2. The number of amides is 1. The molecule has 1 aromatic heterocycles. The summed E-state index contributed by atoms with van der Waals surface area (Å²) in [5, 5.41) is 5.15. The monoisotopic (exact) mass is 428 g/mol. The average molecular weight is 429 g/mol. The van der Waals surface area contributed by atoms with Gasteiger partial charge in [-0.2, -0.15) is 0 Å². The molecule has 1 fully saturated rings. The second-order valence-electron chi connectivity index (χ2n) is 7.21. The molecule has 1 atom stereocenters. The Kier molecular flexibility index (Phi) is 5.19. The summed E-state index contributed by atoms with van der Waals surface area (Å²) in [5.41, 5.74) is 3.88. The molecule has 5 rings (SSSR count). The van der Waals surface area contributed by atoms with Gasteiger partial charge in [0.15, 0.2) is 11.2 Å². The molecule has 1 aliphatic rings. The second-order valence-corrected chi connectivity index (χ2v) is 8.44. The summed E-state index contributed by atoms with van der Waals surface area (Å²) in [5.74, 6) is -0.199. The smallest absolute Gasteiger partial charge is 0.255 e. The fraction of sp³-hybridized carbons (Fsp3) is 0.0833. The van der Waals surface area contributed by atoms with Crippen molar-refractivity contribution in [1.82, 2.24) is 9.71 Å². The first-order valence-electron chi connectivity index (χ1n) is 9.97. The SMILES string of the molecule is O=C(Nc1cccc(-c2nccc3ccccc23)c1)c1ccc(N2CCNS2=O)cc1. The fourth-order valence-corrected chi connectivity index (χ4v) is 4.69.